The lowest BCUT2D eigenvalue weighted by Crippen LogP contribution is -2.29. The zero-order valence-electron chi connectivity index (χ0n) is 14.5. The molecule has 0 aliphatic carbocycles. The number of halogens is 1. The minimum Gasteiger partial charge on any atom is -0.383 e. The van der Waals surface area contributed by atoms with Gasteiger partial charge in [0.25, 0.3) is 0 Å². The monoisotopic (exact) mass is 374 g/mol. The zero-order chi connectivity index (χ0) is 18.1. The Balaban J connectivity index is 1.65. The molecular formula is C17H19FN6OS. The maximum Gasteiger partial charge on any atom is 0.189 e. The fraction of sp³-hybridized carbons (Fsp3) is 0.353. The number of ether oxygens (including phenoxy) is 1. The molecular weight excluding hydrogens is 355 g/mol. The van der Waals surface area contributed by atoms with Crippen molar-refractivity contribution in [3.05, 3.63) is 34.7 Å². The Morgan fingerprint density at radius 1 is 1.38 bits per heavy atom. The van der Waals surface area contributed by atoms with E-state index in [1.54, 1.807) is 19.4 Å². The first-order chi connectivity index (χ1) is 12.7. The molecule has 0 spiro atoms. The van der Waals surface area contributed by atoms with E-state index in [1.807, 2.05) is 6.92 Å². The molecule has 2 N–H and O–H groups in total. The van der Waals surface area contributed by atoms with Gasteiger partial charge in [-0.2, -0.15) is 5.10 Å². The number of nitrogens with zero attached hydrogens (tertiary/aromatic N) is 4. The van der Waals surface area contributed by atoms with Gasteiger partial charge in [-0.1, -0.05) is 0 Å². The number of nitrogens with one attached hydrogen (secondary N) is 2. The minimum atomic E-state index is -0.393. The second-order valence-corrected chi connectivity index (χ2v) is 7.14. The fourth-order valence-electron chi connectivity index (χ4n) is 2.98. The van der Waals surface area contributed by atoms with Crippen LogP contribution in [0.2, 0.25) is 0 Å². The topological polar surface area (TPSA) is 79.0 Å². The number of thiazole rings is 1. The van der Waals surface area contributed by atoms with Gasteiger partial charge < -0.3 is 15.0 Å². The summed E-state index contributed by atoms with van der Waals surface area (Å²) < 4.78 is 19.2. The Morgan fingerprint density at radius 2 is 2.27 bits per heavy atom. The van der Waals surface area contributed by atoms with E-state index < -0.39 is 5.82 Å². The molecule has 0 atom stereocenters. The third kappa shape index (κ3) is 3.15. The number of H-pyrrole nitrogens is 1. The maximum absolute atomic E-state index is 14.0. The van der Waals surface area contributed by atoms with E-state index >= 15 is 0 Å². The Labute approximate surface area is 154 Å². The number of rotatable bonds is 5. The lowest BCUT2D eigenvalue weighted by molar-refractivity contribution is 0.205. The van der Waals surface area contributed by atoms with Gasteiger partial charge in [-0.3, -0.25) is 5.10 Å². The standard InChI is InChI=1S/C17H19FN6OS/c1-10-3-4-12(18)15(20-10)22-17-21-14-11-9-19-23-16(11)24(7-8-25-2)6-5-13(14)26-17/h3-4,9H,5-8H2,1-2H3,(H,19,23)(H,20,21,22). The van der Waals surface area contributed by atoms with Gasteiger partial charge in [0.05, 0.1) is 24.1 Å². The van der Waals surface area contributed by atoms with Crippen LogP contribution in [0.4, 0.5) is 21.2 Å². The van der Waals surface area contributed by atoms with Crippen molar-refractivity contribution in [3.8, 4) is 11.3 Å². The Hall–Kier alpha value is -2.52. The Bertz CT molecular complexity index is 924. The Morgan fingerprint density at radius 3 is 3.12 bits per heavy atom. The van der Waals surface area contributed by atoms with E-state index in [4.69, 9.17) is 4.74 Å². The highest BCUT2D eigenvalue weighted by Gasteiger charge is 2.25. The summed E-state index contributed by atoms with van der Waals surface area (Å²) in [5.74, 6) is 0.747. The average molecular weight is 374 g/mol. The Kier molecular flexibility index (Phi) is 4.56. The van der Waals surface area contributed by atoms with Crippen molar-refractivity contribution >= 4 is 28.1 Å². The van der Waals surface area contributed by atoms with Crippen molar-refractivity contribution in [1.29, 1.82) is 0 Å². The average Bonchev–Trinajstić information content (AvgIpc) is 3.23. The van der Waals surface area contributed by atoms with Gasteiger partial charge in [-0.15, -0.1) is 11.3 Å². The molecule has 0 bridgehead atoms. The molecule has 0 saturated heterocycles. The summed E-state index contributed by atoms with van der Waals surface area (Å²) in [5.41, 5.74) is 2.59. The third-order valence-electron chi connectivity index (χ3n) is 4.27. The van der Waals surface area contributed by atoms with Crippen molar-refractivity contribution < 1.29 is 9.13 Å². The summed E-state index contributed by atoms with van der Waals surface area (Å²) >= 11 is 1.52. The summed E-state index contributed by atoms with van der Waals surface area (Å²) in [6.07, 6.45) is 2.64. The van der Waals surface area contributed by atoms with E-state index in [0.717, 1.165) is 47.2 Å². The quantitative estimate of drug-likeness (QED) is 0.714. The molecule has 136 valence electrons. The molecule has 0 saturated carbocycles. The number of fused-ring (bicyclic) bond motifs is 3. The predicted molar refractivity (Wildman–Crippen MR) is 99.7 cm³/mol. The van der Waals surface area contributed by atoms with Gasteiger partial charge in [0, 0.05) is 37.2 Å². The van der Waals surface area contributed by atoms with Gasteiger partial charge in [-0.25, -0.2) is 14.4 Å². The van der Waals surface area contributed by atoms with Gasteiger partial charge in [0.1, 0.15) is 5.82 Å². The molecule has 4 heterocycles. The van der Waals surface area contributed by atoms with Crippen LogP contribution in [-0.2, 0) is 11.2 Å². The summed E-state index contributed by atoms with van der Waals surface area (Å²) in [6.45, 7) is 4.09. The van der Waals surface area contributed by atoms with E-state index in [1.165, 1.54) is 17.4 Å². The zero-order valence-corrected chi connectivity index (χ0v) is 15.4. The molecule has 3 aromatic heterocycles. The van der Waals surface area contributed by atoms with Crippen LogP contribution in [0.3, 0.4) is 0 Å². The van der Waals surface area contributed by atoms with Crippen molar-refractivity contribution in [2.24, 2.45) is 0 Å². The molecule has 1 aliphatic heterocycles. The van der Waals surface area contributed by atoms with Crippen LogP contribution < -0.4 is 10.2 Å². The highest BCUT2D eigenvalue weighted by molar-refractivity contribution is 7.16. The first-order valence-corrected chi connectivity index (χ1v) is 9.15. The fourth-order valence-corrected chi connectivity index (χ4v) is 3.94. The van der Waals surface area contributed by atoms with Gasteiger partial charge in [-0.05, 0) is 19.1 Å². The van der Waals surface area contributed by atoms with Crippen molar-refractivity contribution in [2.45, 2.75) is 13.3 Å². The van der Waals surface area contributed by atoms with E-state index in [2.05, 4.69) is 30.4 Å². The smallest absolute Gasteiger partial charge is 0.189 e. The second kappa shape index (κ2) is 7.00. The van der Waals surface area contributed by atoms with E-state index in [-0.39, 0.29) is 5.82 Å². The number of aryl methyl sites for hydroxylation is 1. The number of hydrogen-bond donors (Lipinski definition) is 2. The molecule has 3 aromatic rings. The molecule has 0 amide bonds. The van der Waals surface area contributed by atoms with E-state index in [0.29, 0.717) is 11.7 Å². The molecule has 7 nitrogen and oxygen atoms in total. The number of aromatic amines is 1. The third-order valence-corrected chi connectivity index (χ3v) is 5.30. The molecule has 0 fully saturated rings. The van der Waals surface area contributed by atoms with Gasteiger partial charge in [0.15, 0.2) is 16.8 Å². The molecule has 26 heavy (non-hydrogen) atoms. The molecule has 4 rings (SSSR count). The molecule has 1 aliphatic rings. The first-order valence-electron chi connectivity index (χ1n) is 8.33. The van der Waals surface area contributed by atoms with Crippen LogP contribution >= 0.6 is 11.3 Å². The largest absolute Gasteiger partial charge is 0.383 e. The number of hydrogen-bond acceptors (Lipinski definition) is 7. The molecule has 9 heteroatoms. The number of methoxy groups -OCH3 is 1. The van der Waals surface area contributed by atoms with Crippen LogP contribution in [0.25, 0.3) is 11.3 Å². The summed E-state index contributed by atoms with van der Waals surface area (Å²) in [6, 6.07) is 3.05. The SMILES string of the molecule is COCCN1CCc2sc(Nc3nc(C)ccc3F)nc2-c2cn[nH]c21. The normalized spacial score (nSPS) is 13.3. The van der Waals surface area contributed by atoms with Crippen molar-refractivity contribution in [3.63, 3.8) is 0 Å². The summed E-state index contributed by atoms with van der Waals surface area (Å²) in [4.78, 5) is 12.3. The number of anilines is 3. The predicted octanol–water partition coefficient (Wildman–Crippen LogP) is 3.13. The van der Waals surface area contributed by atoms with Crippen LogP contribution in [0, 0.1) is 12.7 Å². The number of aromatic nitrogens is 4. The van der Waals surface area contributed by atoms with E-state index in [9.17, 15) is 4.39 Å². The highest BCUT2D eigenvalue weighted by atomic mass is 32.1. The van der Waals surface area contributed by atoms with Crippen molar-refractivity contribution in [1.82, 2.24) is 20.2 Å². The summed E-state index contributed by atoms with van der Waals surface area (Å²) in [5, 5.41) is 10.9. The lowest BCUT2D eigenvalue weighted by Gasteiger charge is -2.21. The molecule has 0 aromatic carbocycles. The van der Waals surface area contributed by atoms with Gasteiger partial charge in [0.2, 0.25) is 0 Å². The molecule has 0 unspecified atom stereocenters. The molecule has 0 radical (unpaired) electrons. The lowest BCUT2D eigenvalue weighted by atomic mass is 10.2. The highest BCUT2D eigenvalue weighted by Crippen LogP contribution is 2.39. The minimum absolute atomic E-state index is 0.197. The number of pyridine rings is 1. The maximum atomic E-state index is 14.0. The second-order valence-electron chi connectivity index (χ2n) is 6.06. The van der Waals surface area contributed by atoms with Gasteiger partial charge >= 0.3 is 0 Å². The summed E-state index contributed by atoms with van der Waals surface area (Å²) in [7, 11) is 1.69. The van der Waals surface area contributed by atoms with Crippen molar-refractivity contribution in [2.75, 3.05) is 37.0 Å². The van der Waals surface area contributed by atoms with Crippen LogP contribution in [0.1, 0.15) is 10.6 Å². The first kappa shape index (κ1) is 16.9. The van der Waals surface area contributed by atoms with Crippen LogP contribution in [0.15, 0.2) is 18.3 Å². The van der Waals surface area contributed by atoms with Crippen LogP contribution in [0.5, 0.6) is 0 Å². The van der Waals surface area contributed by atoms with Crippen LogP contribution in [-0.4, -0.2) is 47.0 Å².